The molecule has 0 aromatic rings. The summed E-state index contributed by atoms with van der Waals surface area (Å²) in [6.07, 6.45) is 8.16. The molecule has 0 radical (unpaired) electrons. The van der Waals surface area contributed by atoms with E-state index in [1.165, 1.54) is 38.8 Å². The molecule has 1 saturated heterocycles. The molecular formula is C14H26N2O. The van der Waals surface area contributed by atoms with Crippen LogP contribution in [0.5, 0.6) is 0 Å². The molecule has 1 aliphatic heterocycles. The summed E-state index contributed by atoms with van der Waals surface area (Å²) >= 11 is 0. The van der Waals surface area contributed by atoms with E-state index in [0.29, 0.717) is 0 Å². The second-order valence-corrected chi connectivity index (χ2v) is 5.12. The number of nitrogens with one attached hydrogen (secondary N) is 1. The fourth-order valence-electron chi connectivity index (χ4n) is 2.19. The average molecular weight is 238 g/mol. The molecule has 0 spiro atoms. The number of rotatable bonds is 5. The summed E-state index contributed by atoms with van der Waals surface area (Å²) in [5.74, 6) is 0.0425. The molecule has 1 rings (SSSR count). The maximum Gasteiger partial charge on any atom is 0.243 e. The summed E-state index contributed by atoms with van der Waals surface area (Å²) in [6, 6.07) is 0. The maximum absolute atomic E-state index is 11.4. The molecule has 0 aromatic carbocycles. The Morgan fingerprint density at radius 1 is 1.18 bits per heavy atom. The van der Waals surface area contributed by atoms with Crippen molar-refractivity contribution in [3.05, 3.63) is 11.6 Å². The van der Waals surface area contributed by atoms with E-state index in [1.54, 1.807) is 6.08 Å². The summed E-state index contributed by atoms with van der Waals surface area (Å²) < 4.78 is 0. The summed E-state index contributed by atoms with van der Waals surface area (Å²) in [7, 11) is 0. The van der Waals surface area contributed by atoms with Crippen molar-refractivity contribution in [1.29, 1.82) is 0 Å². The van der Waals surface area contributed by atoms with Gasteiger partial charge in [0.25, 0.3) is 0 Å². The normalized spacial score (nSPS) is 17.3. The lowest BCUT2D eigenvalue weighted by Gasteiger charge is -2.19. The van der Waals surface area contributed by atoms with Crippen molar-refractivity contribution < 1.29 is 4.79 Å². The lowest BCUT2D eigenvalue weighted by atomic mass is 10.2. The van der Waals surface area contributed by atoms with Gasteiger partial charge in [0.05, 0.1) is 0 Å². The number of amides is 1. The number of likely N-dealkylation sites (tertiary alicyclic amines) is 1. The quantitative estimate of drug-likeness (QED) is 0.589. The molecule has 1 amide bonds. The van der Waals surface area contributed by atoms with Crippen LogP contribution in [0, 0.1) is 0 Å². The lowest BCUT2D eigenvalue weighted by Crippen LogP contribution is -2.30. The van der Waals surface area contributed by atoms with Crippen LogP contribution in [-0.4, -0.2) is 37.0 Å². The van der Waals surface area contributed by atoms with E-state index >= 15 is 0 Å². The largest absolute Gasteiger partial charge is 0.353 e. The first-order valence-electron chi connectivity index (χ1n) is 6.83. The highest BCUT2D eigenvalue weighted by Crippen LogP contribution is 2.09. The van der Waals surface area contributed by atoms with Crippen molar-refractivity contribution in [3.8, 4) is 0 Å². The smallest absolute Gasteiger partial charge is 0.243 e. The van der Waals surface area contributed by atoms with Gasteiger partial charge >= 0.3 is 0 Å². The number of carbonyl (C=O) groups is 1. The molecule has 0 unspecified atom stereocenters. The minimum absolute atomic E-state index is 0.0425. The molecule has 1 aliphatic rings. The third-order valence-corrected chi connectivity index (χ3v) is 3.07. The van der Waals surface area contributed by atoms with Gasteiger partial charge < -0.3 is 10.2 Å². The maximum atomic E-state index is 11.4. The van der Waals surface area contributed by atoms with Crippen LogP contribution in [0.15, 0.2) is 11.6 Å². The van der Waals surface area contributed by atoms with Gasteiger partial charge in [0.15, 0.2) is 0 Å². The second-order valence-electron chi connectivity index (χ2n) is 5.12. The van der Waals surface area contributed by atoms with Gasteiger partial charge in [-0.25, -0.2) is 0 Å². The minimum atomic E-state index is 0.0425. The average Bonchev–Trinajstić information content (AvgIpc) is 2.52. The molecule has 0 saturated carbocycles. The lowest BCUT2D eigenvalue weighted by molar-refractivity contribution is -0.116. The minimum Gasteiger partial charge on any atom is -0.353 e. The summed E-state index contributed by atoms with van der Waals surface area (Å²) in [4.78, 5) is 13.9. The first kappa shape index (κ1) is 14.2. The molecule has 0 atom stereocenters. The number of hydrogen-bond donors (Lipinski definition) is 1. The highest BCUT2D eigenvalue weighted by molar-refractivity contribution is 5.87. The van der Waals surface area contributed by atoms with E-state index in [0.717, 1.165) is 25.1 Å². The van der Waals surface area contributed by atoms with Crippen molar-refractivity contribution in [2.24, 2.45) is 0 Å². The van der Waals surface area contributed by atoms with Crippen LogP contribution in [0.1, 0.15) is 46.0 Å². The Hall–Kier alpha value is -0.830. The summed E-state index contributed by atoms with van der Waals surface area (Å²) in [5, 5.41) is 2.93. The zero-order valence-electron chi connectivity index (χ0n) is 11.3. The monoisotopic (exact) mass is 238 g/mol. The molecule has 98 valence electrons. The standard InChI is InChI=1S/C14H26N2O/c1-13(2)12-14(17)15-8-7-11-16-9-5-3-4-6-10-16/h12H,3-11H2,1-2H3,(H,15,17). The zero-order valence-corrected chi connectivity index (χ0v) is 11.3. The van der Waals surface area contributed by atoms with Crippen molar-refractivity contribution in [3.63, 3.8) is 0 Å². The molecule has 0 bridgehead atoms. The third kappa shape index (κ3) is 7.16. The number of nitrogens with zero attached hydrogens (tertiary/aromatic N) is 1. The van der Waals surface area contributed by atoms with Crippen molar-refractivity contribution in [2.45, 2.75) is 46.0 Å². The molecule has 17 heavy (non-hydrogen) atoms. The van der Waals surface area contributed by atoms with Gasteiger partial charge in [-0.15, -0.1) is 0 Å². The first-order valence-corrected chi connectivity index (χ1v) is 6.83. The van der Waals surface area contributed by atoms with Crippen molar-refractivity contribution in [1.82, 2.24) is 10.2 Å². The van der Waals surface area contributed by atoms with E-state index in [4.69, 9.17) is 0 Å². The van der Waals surface area contributed by atoms with Gasteiger partial charge in [-0.05, 0) is 52.7 Å². The van der Waals surface area contributed by atoms with E-state index in [-0.39, 0.29) is 5.91 Å². The Morgan fingerprint density at radius 2 is 1.82 bits per heavy atom. The van der Waals surface area contributed by atoms with Crippen LogP contribution in [0.4, 0.5) is 0 Å². The van der Waals surface area contributed by atoms with Gasteiger partial charge in [-0.3, -0.25) is 4.79 Å². The van der Waals surface area contributed by atoms with Crippen LogP contribution in [0.25, 0.3) is 0 Å². The molecular weight excluding hydrogens is 212 g/mol. The molecule has 1 fully saturated rings. The van der Waals surface area contributed by atoms with E-state index in [1.807, 2.05) is 13.8 Å². The van der Waals surface area contributed by atoms with Gasteiger partial charge in [-0.2, -0.15) is 0 Å². The predicted molar refractivity (Wildman–Crippen MR) is 72.0 cm³/mol. The molecule has 0 aliphatic carbocycles. The molecule has 3 heteroatoms. The molecule has 1 heterocycles. The topological polar surface area (TPSA) is 32.3 Å². The SMILES string of the molecule is CC(C)=CC(=O)NCCCN1CCCCCC1. The molecule has 3 nitrogen and oxygen atoms in total. The van der Waals surface area contributed by atoms with E-state index in [2.05, 4.69) is 10.2 Å². The predicted octanol–water partition coefficient (Wildman–Crippen LogP) is 2.33. The van der Waals surface area contributed by atoms with Gasteiger partial charge in [-0.1, -0.05) is 18.4 Å². The number of carbonyl (C=O) groups excluding carboxylic acids is 1. The highest BCUT2D eigenvalue weighted by Gasteiger charge is 2.07. The third-order valence-electron chi connectivity index (χ3n) is 3.07. The van der Waals surface area contributed by atoms with Crippen LogP contribution in [-0.2, 0) is 4.79 Å². The Morgan fingerprint density at radius 3 is 2.41 bits per heavy atom. The Kier molecular flexibility index (Phi) is 6.94. The summed E-state index contributed by atoms with van der Waals surface area (Å²) in [6.45, 7) is 8.27. The Labute approximate surface area is 105 Å². The van der Waals surface area contributed by atoms with Crippen LogP contribution in [0.3, 0.4) is 0 Å². The second kappa shape index (κ2) is 8.29. The fraction of sp³-hybridized carbons (Fsp3) is 0.786. The zero-order chi connectivity index (χ0) is 12.5. The Balaban J connectivity index is 2.07. The number of hydrogen-bond acceptors (Lipinski definition) is 2. The van der Waals surface area contributed by atoms with E-state index < -0.39 is 0 Å². The van der Waals surface area contributed by atoms with Crippen molar-refractivity contribution >= 4 is 5.91 Å². The molecule has 0 aromatic heterocycles. The molecule has 1 N–H and O–H groups in total. The Bertz CT molecular complexity index is 249. The number of allylic oxidation sites excluding steroid dienone is 1. The van der Waals surface area contributed by atoms with Gasteiger partial charge in [0, 0.05) is 12.6 Å². The van der Waals surface area contributed by atoms with Crippen LogP contribution >= 0.6 is 0 Å². The highest BCUT2D eigenvalue weighted by atomic mass is 16.1. The van der Waals surface area contributed by atoms with Crippen molar-refractivity contribution in [2.75, 3.05) is 26.2 Å². The summed E-state index contributed by atoms with van der Waals surface area (Å²) in [5.41, 5.74) is 1.05. The van der Waals surface area contributed by atoms with Crippen LogP contribution in [0.2, 0.25) is 0 Å². The van der Waals surface area contributed by atoms with E-state index in [9.17, 15) is 4.79 Å². The fourth-order valence-corrected chi connectivity index (χ4v) is 2.19. The van der Waals surface area contributed by atoms with Gasteiger partial charge in [0.1, 0.15) is 0 Å². The van der Waals surface area contributed by atoms with Gasteiger partial charge in [0.2, 0.25) is 5.91 Å². The van der Waals surface area contributed by atoms with Crippen LogP contribution < -0.4 is 5.32 Å². The first-order chi connectivity index (χ1) is 8.18.